The number of rotatable bonds is 0. The molecule has 0 bridgehead atoms. The Morgan fingerprint density at radius 3 is 2.57 bits per heavy atom. The van der Waals surface area contributed by atoms with E-state index in [1.165, 1.54) is 6.26 Å². The summed E-state index contributed by atoms with van der Waals surface area (Å²) in [6, 6.07) is 0. The van der Waals surface area contributed by atoms with Crippen LogP contribution in [0.4, 0.5) is 5.82 Å². The molecule has 4 nitrogen and oxygen atoms in total. The van der Waals surface area contributed by atoms with Gasteiger partial charge < -0.3 is 10.3 Å². The minimum absolute atomic E-state index is 0. The van der Waals surface area contributed by atoms with Crippen LogP contribution in [-0.2, 0) is 17.1 Å². The average Bonchev–Trinajstić information content (AvgIpc) is 1.86. The molecular formula is C2H3CuN3O. The van der Waals surface area contributed by atoms with Gasteiger partial charge in [-0.3, -0.25) is 0 Å². The van der Waals surface area contributed by atoms with Crippen molar-refractivity contribution < 1.29 is 21.6 Å². The predicted octanol–water partition coefficient (Wildman–Crippen LogP) is -0.351. The number of nitrogen functional groups attached to an aromatic ring is 1. The van der Waals surface area contributed by atoms with Gasteiger partial charge in [0.2, 0.25) is 0 Å². The number of aromatic nitrogens is 2. The Bertz CT molecular complexity index is 116. The molecule has 7 heavy (non-hydrogen) atoms. The molecule has 0 aliphatic carbocycles. The van der Waals surface area contributed by atoms with Crippen molar-refractivity contribution >= 4 is 5.82 Å². The maximum atomic E-state index is 5.01. The van der Waals surface area contributed by atoms with Gasteiger partial charge in [0.05, 0.1) is 0 Å². The summed E-state index contributed by atoms with van der Waals surface area (Å²) in [6.45, 7) is 0. The van der Waals surface area contributed by atoms with Crippen LogP contribution in [0.5, 0.6) is 0 Å². The van der Waals surface area contributed by atoms with Crippen LogP contribution >= 0.6 is 0 Å². The van der Waals surface area contributed by atoms with Crippen molar-refractivity contribution in [2.75, 3.05) is 5.73 Å². The molecule has 1 heterocycles. The molecule has 1 aromatic rings. The second kappa shape index (κ2) is 2.60. The zero-order chi connectivity index (χ0) is 4.41. The molecule has 1 rings (SSSR count). The molecule has 0 aromatic carbocycles. The standard InChI is InChI=1S/C2H3N3O.Cu/c3-2-1-6-5-4-2;/h1H,3H2;. The van der Waals surface area contributed by atoms with E-state index < -0.39 is 0 Å². The van der Waals surface area contributed by atoms with E-state index >= 15 is 0 Å². The fourth-order valence-electron chi connectivity index (χ4n) is 0.172. The third-order valence-corrected chi connectivity index (χ3v) is 0.377. The molecule has 0 unspecified atom stereocenters. The monoisotopic (exact) mass is 148 g/mol. The molecule has 0 aliphatic heterocycles. The predicted molar refractivity (Wildman–Crippen MR) is 18.7 cm³/mol. The number of hydrogen-bond donors (Lipinski definition) is 1. The first-order valence-corrected chi connectivity index (χ1v) is 1.42. The summed E-state index contributed by atoms with van der Waals surface area (Å²) in [7, 11) is 0. The summed E-state index contributed by atoms with van der Waals surface area (Å²) in [5.41, 5.74) is 5.01. The van der Waals surface area contributed by atoms with E-state index in [0.29, 0.717) is 5.82 Å². The zero-order valence-corrected chi connectivity index (χ0v) is 4.20. The van der Waals surface area contributed by atoms with Gasteiger partial charge in [-0.1, -0.05) is 5.10 Å². The molecule has 0 atom stereocenters. The Morgan fingerprint density at radius 2 is 2.43 bits per heavy atom. The number of nitrogens with two attached hydrogens (primary N) is 1. The van der Waals surface area contributed by atoms with E-state index in [0.717, 1.165) is 0 Å². The Hall–Kier alpha value is -0.541. The van der Waals surface area contributed by atoms with Crippen molar-refractivity contribution in [3.8, 4) is 0 Å². The molecule has 0 saturated heterocycles. The largest absolute Gasteiger partial charge is 0.379 e. The average molecular weight is 149 g/mol. The molecule has 43 valence electrons. The van der Waals surface area contributed by atoms with Crippen LogP contribution < -0.4 is 5.73 Å². The van der Waals surface area contributed by atoms with Crippen LogP contribution in [0.1, 0.15) is 0 Å². The molecule has 0 aliphatic rings. The first kappa shape index (κ1) is 6.46. The molecule has 0 spiro atoms. The molecule has 0 amide bonds. The second-order valence-corrected chi connectivity index (χ2v) is 0.830. The van der Waals surface area contributed by atoms with Crippen molar-refractivity contribution in [2.45, 2.75) is 0 Å². The van der Waals surface area contributed by atoms with E-state index in [2.05, 4.69) is 14.9 Å². The van der Waals surface area contributed by atoms with E-state index in [4.69, 9.17) is 5.73 Å². The quantitative estimate of drug-likeness (QED) is 0.511. The van der Waals surface area contributed by atoms with Crippen molar-refractivity contribution in [3.63, 3.8) is 0 Å². The third kappa shape index (κ3) is 1.57. The van der Waals surface area contributed by atoms with E-state index in [1.54, 1.807) is 0 Å². The summed E-state index contributed by atoms with van der Waals surface area (Å²) in [5.74, 6) is 0.315. The molecule has 0 saturated carbocycles. The van der Waals surface area contributed by atoms with Gasteiger partial charge in [0.25, 0.3) is 0 Å². The van der Waals surface area contributed by atoms with Crippen LogP contribution in [0.25, 0.3) is 0 Å². The molecule has 5 heteroatoms. The van der Waals surface area contributed by atoms with Crippen LogP contribution in [0.2, 0.25) is 0 Å². The summed E-state index contributed by atoms with van der Waals surface area (Å²) in [6.07, 6.45) is 1.26. The fourth-order valence-corrected chi connectivity index (χ4v) is 0.172. The third-order valence-electron chi connectivity index (χ3n) is 0.377. The molecule has 1 radical (unpaired) electrons. The van der Waals surface area contributed by atoms with Gasteiger partial charge >= 0.3 is 0 Å². The van der Waals surface area contributed by atoms with Crippen LogP contribution in [-0.4, -0.2) is 10.4 Å². The van der Waals surface area contributed by atoms with Gasteiger partial charge in [-0.2, -0.15) is 0 Å². The van der Waals surface area contributed by atoms with E-state index in [1.807, 2.05) is 0 Å². The van der Waals surface area contributed by atoms with Gasteiger partial charge in [0.15, 0.2) is 12.1 Å². The fraction of sp³-hybridized carbons (Fsp3) is 0. The maximum Gasteiger partial charge on any atom is 0.187 e. The van der Waals surface area contributed by atoms with Crippen LogP contribution in [0.3, 0.4) is 0 Å². The van der Waals surface area contributed by atoms with Gasteiger partial charge in [-0.25, -0.2) is 0 Å². The zero-order valence-electron chi connectivity index (χ0n) is 3.26. The number of anilines is 1. The minimum atomic E-state index is 0. The van der Waals surface area contributed by atoms with Gasteiger partial charge in [-0.05, 0) is 0 Å². The normalized spacial score (nSPS) is 7.43. The van der Waals surface area contributed by atoms with Gasteiger partial charge in [0.1, 0.15) is 0 Å². The number of nitrogens with zero attached hydrogens (tertiary/aromatic N) is 2. The van der Waals surface area contributed by atoms with Crippen molar-refractivity contribution in [3.05, 3.63) is 6.26 Å². The van der Waals surface area contributed by atoms with E-state index in [9.17, 15) is 0 Å². The Kier molecular flexibility index (Phi) is 2.40. The summed E-state index contributed by atoms with van der Waals surface area (Å²) in [4.78, 5) is 0. The van der Waals surface area contributed by atoms with Crippen molar-refractivity contribution in [2.24, 2.45) is 0 Å². The molecule has 0 fully saturated rings. The van der Waals surface area contributed by atoms with Crippen LogP contribution in [0, 0.1) is 0 Å². The van der Waals surface area contributed by atoms with Crippen molar-refractivity contribution in [1.82, 2.24) is 10.4 Å². The minimum Gasteiger partial charge on any atom is -0.379 e. The number of hydrogen-bond acceptors (Lipinski definition) is 4. The Labute approximate surface area is 50.5 Å². The SMILES string of the molecule is Nc1conn1.[Cu]. The summed E-state index contributed by atoms with van der Waals surface area (Å²) >= 11 is 0. The topological polar surface area (TPSA) is 64.9 Å². The smallest absolute Gasteiger partial charge is 0.187 e. The second-order valence-electron chi connectivity index (χ2n) is 0.830. The molecular weight excluding hydrogens is 146 g/mol. The first-order valence-electron chi connectivity index (χ1n) is 1.42. The van der Waals surface area contributed by atoms with Gasteiger partial charge in [-0.15, -0.1) is 0 Å². The Balaban J connectivity index is 0.000000360. The van der Waals surface area contributed by atoms with Crippen molar-refractivity contribution in [1.29, 1.82) is 0 Å². The maximum absolute atomic E-state index is 5.01. The Morgan fingerprint density at radius 1 is 1.71 bits per heavy atom. The van der Waals surface area contributed by atoms with Gasteiger partial charge in [0, 0.05) is 22.3 Å². The first-order chi connectivity index (χ1) is 2.89. The molecule has 1 aromatic heterocycles. The van der Waals surface area contributed by atoms with E-state index in [-0.39, 0.29) is 17.1 Å². The van der Waals surface area contributed by atoms with Crippen LogP contribution in [0.15, 0.2) is 10.8 Å². The summed E-state index contributed by atoms with van der Waals surface area (Å²) < 4.78 is 4.23. The summed E-state index contributed by atoms with van der Waals surface area (Å²) in [5, 5.41) is 6.35. The molecule has 2 N–H and O–H groups in total.